The quantitative estimate of drug-likeness (QED) is 0.395. The molecule has 1 aliphatic carbocycles. The number of methoxy groups -OCH3 is 1. The van der Waals surface area contributed by atoms with Crippen molar-refractivity contribution in [2.75, 3.05) is 30.7 Å². The van der Waals surface area contributed by atoms with E-state index in [1.807, 2.05) is 20.8 Å². The smallest absolute Gasteiger partial charge is 0.410 e. The number of pyridine rings is 2. The van der Waals surface area contributed by atoms with Crippen LogP contribution in [0.15, 0.2) is 24.4 Å². The molecule has 41 heavy (non-hydrogen) atoms. The van der Waals surface area contributed by atoms with E-state index in [2.05, 4.69) is 14.7 Å². The number of rotatable bonds is 7. The number of aromatic nitrogens is 2. The van der Waals surface area contributed by atoms with E-state index >= 15 is 0 Å². The minimum absolute atomic E-state index is 0.0164. The molecule has 2 fully saturated rings. The number of carbonyl (C=O) groups is 1. The molecule has 226 valence electrons. The van der Waals surface area contributed by atoms with Crippen molar-refractivity contribution in [3.8, 4) is 23.0 Å². The zero-order valence-electron chi connectivity index (χ0n) is 23.3. The molecule has 1 spiro atoms. The van der Waals surface area contributed by atoms with Crippen molar-refractivity contribution in [1.29, 1.82) is 0 Å². The Bertz CT molecular complexity index is 1280. The zero-order valence-corrected chi connectivity index (χ0v) is 24.2. The Hall–Kier alpha value is -3.16. The lowest BCUT2D eigenvalue weighted by molar-refractivity contribution is -0.105. The van der Waals surface area contributed by atoms with Crippen molar-refractivity contribution < 1.29 is 40.8 Å². The van der Waals surface area contributed by atoms with E-state index in [4.69, 9.17) is 14.2 Å². The molecule has 1 amide bonds. The van der Waals surface area contributed by atoms with E-state index < -0.39 is 34.3 Å². The molecule has 3 heterocycles. The lowest BCUT2D eigenvalue weighted by Crippen LogP contribution is -2.39. The largest absolute Gasteiger partial charge is 0.480 e. The van der Waals surface area contributed by atoms with E-state index in [0.717, 1.165) is 32.1 Å². The molecule has 0 bridgehead atoms. The van der Waals surface area contributed by atoms with E-state index in [0.29, 0.717) is 13.1 Å². The number of hydrogen-bond donors (Lipinski definition) is 1. The van der Waals surface area contributed by atoms with Gasteiger partial charge in [-0.1, -0.05) is 0 Å². The molecule has 1 N–H and O–H groups in total. The first kappa shape index (κ1) is 30.8. The number of ether oxygens (including phenoxy) is 3. The summed E-state index contributed by atoms with van der Waals surface area (Å²) in [5, 5.41) is 0. The normalized spacial score (nSPS) is 22.0. The van der Waals surface area contributed by atoms with Crippen LogP contribution in [-0.2, 0) is 15.7 Å². The first-order valence-electron chi connectivity index (χ1n) is 13.2. The van der Waals surface area contributed by atoms with E-state index in [9.17, 15) is 26.6 Å². The molecule has 1 atom stereocenters. The topological polar surface area (TPSA) is 103 Å². The number of nitrogens with one attached hydrogen (secondary N) is 1. The summed E-state index contributed by atoms with van der Waals surface area (Å²) < 4.78 is 83.5. The Morgan fingerprint density at radius 3 is 2.54 bits per heavy atom. The third-order valence-corrected chi connectivity index (χ3v) is 8.06. The van der Waals surface area contributed by atoms with E-state index in [-0.39, 0.29) is 46.3 Å². The molecular weight excluding hydrogens is 568 g/mol. The second-order valence-electron chi connectivity index (χ2n) is 11.4. The van der Waals surface area contributed by atoms with Crippen molar-refractivity contribution in [3.05, 3.63) is 30.2 Å². The van der Waals surface area contributed by atoms with Gasteiger partial charge in [0.1, 0.15) is 45.6 Å². The van der Waals surface area contributed by atoms with Gasteiger partial charge in [-0.2, -0.15) is 13.2 Å². The Morgan fingerprint density at radius 1 is 1.20 bits per heavy atom. The number of nitrogens with zero attached hydrogens (tertiary/aromatic N) is 3. The van der Waals surface area contributed by atoms with Gasteiger partial charge in [-0.25, -0.2) is 23.4 Å². The number of amides is 1. The van der Waals surface area contributed by atoms with Gasteiger partial charge in [0.2, 0.25) is 11.8 Å². The van der Waals surface area contributed by atoms with Gasteiger partial charge in [0.15, 0.2) is 0 Å². The van der Waals surface area contributed by atoms with Crippen LogP contribution >= 0.6 is 0 Å². The summed E-state index contributed by atoms with van der Waals surface area (Å²) in [4.78, 5) is 22.6. The highest BCUT2D eigenvalue weighted by molar-refractivity contribution is 7.86. The van der Waals surface area contributed by atoms with Gasteiger partial charge < -0.3 is 19.1 Å². The Labute approximate surface area is 238 Å². The fraction of sp³-hybridized carbons (Fsp3) is 0.593. The van der Waals surface area contributed by atoms with Crippen LogP contribution in [0.4, 0.5) is 28.0 Å². The number of alkyl halides is 3. The Balaban J connectivity index is 1.41. The number of hydrogen-bond acceptors (Lipinski definition) is 7. The number of carbonyl (C=O) groups excluding carboxylic acids is 1. The van der Waals surface area contributed by atoms with Crippen LogP contribution in [-0.4, -0.2) is 69.0 Å². The van der Waals surface area contributed by atoms with Crippen molar-refractivity contribution in [2.45, 2.75) is 70.8 Å². The average Bonchev–Trinajstić information content (AvgIpc) is 3.28. The standard InChI is InChI=1S/C27H34F4N4O5S/c1-25(2,3)40-24(36)35-12-11-26(15-35)9-7-18(8-10-26)39-21-6-5-19(28)22(33-21)17-13-20(23(38-4)32-14-17)34-41(37)16-27(29,30)31/h5-6,13-14,18,34H,7-12,15-16H2,1-4H3. The van der Waals surface area contributed by atoms with Gasteiger partial charge in [0.25, 0.3) is 0 Å². The molecule has 0 radical (unpaired) electrons. The highest BCUT2D eigenvalue weighted by atomic mass is 32.2. The number of halogens is 4. The van der Waals surface area contributed by atoms with Gasteiger partial charge in [0, 0.05) is 30.9 Å². The van der Waals surface area contributed by atoms with Crippen molar-refractivity contribution in [3.63, 3.8) is 0 Å². The summed E-state index contributed by atoms with van der Waals surface area (Å²) >= 11 is 0. The van der Waals surface area contributed by atoms with Crippen molar-refractivity contribution >= 4 is 22.8 Å². The third kappa shape index (κ3) is 8.20. The maximum Gasteiger partial charge on any atom is 0.410 e. The summed E-state index contributed by atoms with van der Waals surface area (Å²) in [5.41, 5.74) is -0.627. The molecule has 0 aromatic carbocycles. The van der Waals surface area contributed by atoms with Gasteiger partial charge in [0.05, 0.1) is 7.11 Å². The molecule has 14 heteroatoms. The molecule has 2 aromatic rings. The molecule has 9 nitrogen and oxygen atoms in total. The number of anilines is 1. The first-order valence-corrected chi connectivity index (χ1v) is 14.5. The summed E-state index contributed by atoms with van der Waals surface area (Å²) in [5.74, 6) is -2.19. The molecule has 4 rings (SSSR count). The van der Waals surface area contributed by atoms with E-state index in [1.165, 1.54) is 31.5 Å². The summed E-state index contributed by atoms with van der Waals surface area (Å²) in [6.07, 6.45) is 0.240. The second kappa shape index (κ2) is 12.0. The van der Waals surface area contributed by atoms with Crippen LogP contribution in [0.3, 0.4) is 0 Å². The Kier molecular flexibility index (Phi) is 9.00. The van der Waals surface area contributed by atoms with Gasteiger partial charge in [-0.05, 0) is 70.4 Å². The third-order valence-electron chi connectivity index (χ3n) is 7.03. The van der Waals surface area contributed by atoms with Crippen LogP contribution in [0.25, 0.3) is 11.3 Å². The predicted octanol–water partition coefficient (Wildman–Crippen LogP) is 5.88. The summed E-state index contributed by atoms with van der Waals surface area (Å²) in [6, 6.07) is 3.88. The molecule has 1 aliphatic heterocycles. The maximum absolute atomic E-state index is 14.8. The molecule has 1 unspecified atom stereocenters. The van der Waals surface area contributed by atoms with Crippen molar-refractivity contribution in [1.82, 2.24) is 14.9 Å². The minimum atomic E-state index is -4.65. The second-order valence-corrected chi connectivity index (χ2v) is 12.6. The minimum Gasteiger partial charge on any atom is -0.480 e. The molecule has 1 saturated heterocycles. The molecule has 2 aliphatic rings. The van der Waals surface area contributed by atoms with Gasteiger partial charge in [-0.3, -0.25) is 4.72 Å². The maximum atomic E-state index is 14.8. The van der Waals surface area contributed by atoms with Crippen molar-refractivity contribution in [2.24, 2.45) is 5.41 Å². The molecule has 1 saturated carbocycles. The SMILES string of the molecule is COc1ncc(-c2nc(OC3CCC4(CC3)CCN(C(=O)OC(C)(C)C)C4)ccc2F)cc1NS(=O)CC(F)(F)F. The average molecular weight is 603 g/mol. The van der Waals surface area contributed by atoms with Crippen LogP contribution in [0, 0.1) is 11.2 Å². The van der Waals surface area contributed by atoms with Crippen LogP contribution in [0.1, 0.15) is 52.9 Å². The predicted molar refractivity (Wildman–Crippen MR) is 144 cm³/mol. The zero-order chi connectivity index (χ0) is 30.0. The van der Waals surface area contributed by atoms with Crippen LogP contribution in [0.5, 0.6) is 11.8 Å². The first-order chi connectivity index (χ1) is 19.2. The summed E-state index contributed by atoms with van der Waals surface area (Å²) in [7, 11) is -1.26. The molecular formula is C27H34F4N4O5S. The lowest BCUT2D eigenvalue weighted by atomic mass is 9.72. The van der Waals surface area contributed by atoms with Crippen LogP contribution in [0.2, 0.25) is 0 Å². The van der Waals surface area contributed by atoms with Gasteiger partial charge >= 0.3 is 12.3 Å². The van der Waals surface area contributed by atoms with Crippen LogP contribution < -0.4 is 14.2 Å². The number of likely N-dealkylation sites (tertiary alicyclic amines) is 1. The highest BCUT2D eigenvalue weighted by Crippen LogP contribution is 2.45. The lowest BCUT2D eigenvalue weighted by Gasteiger charge is -2.37. The van der Waals surface area contributed by atoms with Gasteiger partial charge in [-0.15, -0.1) is 0 Å². The molecule has 2 aromatic heterocycles. The fourth-order valence-corrected chi connectivity index (χ4v) is 5.90. The fourth-order valence-electron chi connectivity index (χ4n) is 5.14. The monoisotopic (exact) mass is 602 g/mol. The summed E-state index contributed by atoms with van der Waals surface area (Å²) in [6.45, 7) is 6.82. The highest BCUT2D eigenvalue weighted by Gasteiger charge is 2.44. The van der Waals surface area contributed by atoms with E-state index in [1.54, 1.807) is 4.90 Å². The Morgan fingerprint density at radius 2 is 1.90 bits per heavy atom.